The smallest absolute Gasteiger partial charge is 0.204 e. The first kappa shape index (κ1) is 11.8. The molecule has 4 nitrogen and oxygen atoms in total. The Morgan fingerprint density at radius 1 is 1.54 bits per heavy atom. The molecule has 0 aliphatic heterocycles. The van der Waals surface area contributed by atoms with Gasteiger partial charge in [0.2, 0.25) is 5.96 Å². The van der Waals surface area contributed by atoms with E-state index in [1.54, 1.807) is 7.05 Å². The minimum Gasteiger partial charge on any atom is -0.356 e. The van der Waals surface area contributed by atoms with Crippen LogP contribution in [0.2, 0.25) is 0 Å². The Bertz CT molecular complexity index is 215. The molecule has 0 amide bonds. The van der Waals surface area contributed by atoms with E-state index in [0.717, 1.165) is 13.0 Å². The van der Waals surface area contributed by atoms with Crippen LogP contribution < -0.4 is 10.6 Å². The molecular formula is C9H22N4. The molecule has 0 atom stereocenters. The maximum Gasteiger partial charge on any atom is 0.204 e. The third-order valence-corrected chi connectivity index (χ3v) is 1.57. The molecule has 0 saturated carbocycles. The SMILES string of the molecule is CN=C(NC#N)NCCC(C)(C)C.[HH].[HH]. The fourth-order valence-corrected chi connectivity index (χ4v) is 0.788. The standard InChI is InChI=1S/C9H18N4.2H2/c1-9(2,3)5-6-12-8(11-4)13-7-10;;/h5-6H2,1-4H3,(H2,11,12,13);2*1H. The van der Waals surface area contributed by atoms with Gasteiger partial charge in [-0.15, -0.1) is 0 Å². The van der Waals surface area contributed by atoms with Crippen molar-refractivity contribution in [3.8, 4) is 6.19 Å². The molecule has 0 aromatic heterocycles. The topological polar surface area (TPSA) is 60.2 Å². The Morgan fingerprint density at radius 2 is 2.15 bits per heavy atom. The molecule has 0 aromatic rings. The largest absolute Gasteiger partial charge is 0.356 e. The molecule has 0 unspecified atom stereocenters. The van der Waals surface area contributed by atoms with Gasteiger partial charge in [-0.1, -0.05) is 20.8 Å². The van der Waals surface area contributed by atoms with Crippen molar-refractivity contribution in [1.29, 1.82) is 5.26 Å². The summed E-state index contributed by atoms with van der Waals surface area (Å²) in [5.41, 5.74) is 0.304. The summed E-state index contributed by atoms with van der Waals surface area (Å²) in [6.45, 7) is 7.35. The predicted octanol–water partition coefficient (Wildman–Crippen LogP) is 1.56. The number of hydrogen-bond acceptors (Lipinski definition) is 2. The van der Waals surface area contributed by atoms with E-state index in [-0.39, 0.29) is 2.85 Å². The molecule has 0 radical (unpaired) electrons. The van der Waals surface area contributed by atoms with Gasteiger partial charge >= 0.3 is 0 Å². The molecule has 13 heavy (non-hydrogen) atoms. The van der Waals surface area contributed by atoms with E-state index in [1.165, 1.54) is 0 Å². The first-order valence-electron chi connectivity index (χ1n) is 4.35. The third kappa shape index (κ3) is 7.13. The van der Waals surface area contributed by atoms with Crippen LogP contribution in [0.4, 0.5) is 0 Å². The summed E-state index contributed by atoms with van der Waals surface area (Å²) in [6.07, 6.45) is 2.86. The lowest BCUT2D eigenvalue weighted by Gasteiger charge is -2.18. The number of nitrogens with zero attached hydrogens (tertiary/aromatic N) is 2. The summed E-state index contributed by atoms with van der Waals surface area (Å²) in [4.78, 5) is 3.87. The molecule has 0 rings (SSSR count). The Hall–Kier alpha value is -1.24. The Kier molecular flexibility index (Phi) is 4.90. The van der Waals surface area contributed by atoms with Crippen molar-refractivity contribution in [3.63, 3.8) is 0 Å². The van der Waals surface area contributed by atoms with Gasteiger partial charge in [-0.25, -0.2) is 0 Å². The predicted molar refractivity (Wildman–Crippen MR) is 58.4 cm³/mol. The lowest BCUT2D eigenvalue weighted by Crippen LogP contribution is -2.36. The molecule has 0 aliphatic carbocycles. The van der Waals surface area contributed by atoms with E-state index in [2.05, 4.69) is 36.4 Å². The summed E-state index contributed by atoms with van der Waals surface area (Å²) >= 11 is 0. The maximum absolute atomic E-state index is 8.35. The molecule has 78 valence electrons. The zero-order valence-electron chi connectivity index (χ0n) is 8.81. The van der Waals surface area contributed by atoms with Gasteiger partial charge in [0.25, 0.3) is 0 Å². The summed E-state index contributed by atoms with van der Waals surface area (Å²) in [7, 11) is 1.64. The van der Waals surface area contributed by atoms with Crippen LogP contribution in [0.3, 0.4) is 0 Å². The highest BCUT2D eigenvalue weighted by molar-refractivity contribution is 5.80. The molecule has 0 fully saturated rings. The number of aliphatic imine (C=N–C) groups is 1. The van der Waals surface area contributed by atoms with Gasteiger partial charge in [0.05, 0.1) is 0 Å². The second-order valence-corrected chi connectivity index (χ2v) is 4.05. The van der Waals surface area contributed by atoms with E-state index < -0.39 is 0 Å². The second-order valence-electron chi connectivity index (χ2n) is 4.05. The lowest BCUT2D eigenvalue weighted by atomic mass is 9.92. The third-order valence-electron chi connectivity index (χ3n) is 1.57. The molecule has 0 spiro atoms. The lowest BCUT2D eigenvalue weighted by molar-refractivity contribution is 0.377. The number of nitrogens with one attached hydrogen (secondary N) is 2. The van der Waals surface area contributed by atoms with Crippen molar-refractivity contribution in [2.24, 2.45) is 10.4 Å². The minimum absolute atomic E-state index is 0. The molecule has 0 aromatic carbocycles. The van der Waals surface area contributed by atoms with Crippen molar-refractivity contribution in [2.45, 2.75) is 27.2 Å². The van der Waals surface area contributed by atoms with Crippen LogP contribution in [0.15, 0.2) is 4.99 Å². The summed E-state index contributed by atoms with van der Waals surface area (Å²) in [5.74, 6) is 0.534. The highest BCUT2D eigenvalue weighted by atomic mass is 15.2. The second kappa shape index (κ2) is 5.41. The number of guanidine groups is 1. The first-order valence-corrected chi connectivity index (χ1v) is 4.35. The average Bonchev–Trinajstić information content (AvgIpc) is 2.01. The fraction of sp³-hybridized carbons (Fsp3) is 0.778. The maximum atomic E-state index is 8.35. The number of hydrogen-bond donors (Lipinski definition) is 2. The Labute approximate surface area is 83.0 Å². The van der Waals surface area contributed by atoms with E-state index in [9.17, 15) is 0 Å². The van der Waals surface area contributed by atoms with Gasteiger partial charge in [0, 0.05) is 16.4 Å². The highest BCUT2D eigenvalue weighted by Crippen LogP contribution is 2.16. The van der Waals surface area contributed by atoms with E-state index >= 15 is 0 Å². The monoisotopic (exact) mass is 186 g/mol. The van der Waals surface area contributed by atoms with Crippen LogP contribution in [0.25, 0.3) is 0 Å². The zero-order valence-corrected chi connectivity index (χ0v) is 8.81. The Balaban J connectivity index is -0.000000720. The van der Waals surface area contributed by atoms with Crippen LogP contribution in [0, 0.1) is 16.9 Å². The normalized spacial score (nSPS) is 12.1. The van der Waals surface area contributed by atoms with Crippen LogP contribution in [-0.4, -0.2) is 19.6 Å². The van der Waals surface area contributed by atoms with Gasteiger partial charge in [-0.3, -0.25) is 10.3 Å². The zero-order chi connectivity index (χ0) is 10.3. The summed E-state index contributed by atoms with van der Waals surface area (Å²) < 4.78 is 0. The molecule has 0 saturated heterocycles. The van der Waals surface area contributed by atoms with E-state index in [0.29, 0.717) is 11.4 Å². The molecule has 4 heteroatoms. The quantitative estimate of drug-likeness (QED) is 0.298. The van der Waals surface area contributed by atoms with Gasteiger partial charge in [0.1, 0.15) is 0 Å². The van der Waals surface area contributed by atoms with E-state index in [1.807, 2.05) is 6.19 Å². The average molecular weight is 186 g/mol. The van der Waals surface area contributed by atoms with Crippen molar-refractivity contribution in [3.05, 3.63) is 0 Å². The molecule has 0 bridgehead atoms. The first-order chi connectivity index (χ1) is 5.99. The van der Waals surface area contributed by atoms with Gasteiger partial charge in [-0.05, 0) is 11.8 Å². The summed E-state index contributed by atoms with van der Waals surface area (Å²) in [5, 5.41) is 13.9. The fourth-order valence-electron chi connectivity index (χ4n) is 0.788. The van der Waals surface area contributed by atoms with Crippen molar-refractivity contribution in [2.75, 3.05) is 13.6 Å². The Morgan fingerprint density at radius 3 is 2.54 bits per heavy atom. The van der Waals surface area contributed by atoms with Gasteiger partial charge < -0.3 is 5.32 Å². The minimum atomic E-state index is 0. The van der Waals surface area contributed by atoms with Crippen LogP contribution in [-0.2, 0) is 0 Å². The number of rotatable bonds is 2. The van der Waals surface area contributed by atoms with Crippen LogP contribution in [0.1, 0.15) is 30.0 Å². The number of nitriles is 1. The molecule has 0 aliphatic rings. The molecular weight excluding hydrogens is 164 g/mol. The molecule has 2 N–H and O–H groups in total. The van der Waals surface area contributed by atoms with Crippen LogP contribution >= 0.6 is 0 Å². The van der Waals surface area contributed by atoms with Crippen molar-refractivity contribution < 1.29 is 2.85 Å². The van der Waals surface area contributed by atoms with Crippen molar-refractivity contribution in [1.82, 2.24) is 10.6 Å². The summed E-state index contributed by atoms with van der Waals surface area (Å²) in [6, 6.07) is 0. The van der Waals surface area contributed by atoms with Crippen LogP contribution in [0.5, 0.6) is 0 Å². The highest BCUT2D eigenvalue weighted by Gasteiger charge is 2.09. The van der Waals surface area contributed by atoms with Gasteiger partial charge in [0.15, 0.2) is 6.19 Å². The molecule has 0 heterocycles. The van der Waals surface area contributed by atoms with E-state index in [4.69, 9.17) is 5.26 Å². The van der Waals surface area contributed by atoms with Gasteiger partial charge in [-0.2, -0.15) is 5.26 Å². The van der Waals surface area contributed by atoms with Crippen molar-refractivity contribution >= 4 is 5.96 Å².